The summed E-state index contributed by atoms with van der Waals surface area (Å²) in [5.74, 6) is -0.0644. The molecule has 0 atom stereocenters. The van der Waals surface area contributed by atoms with Gasteiger partial charge in [0.25, 0.3) is 5.91 Å². The van der Waals surface area contributed by atoms with Gasteiger partial charge in [-0.15, -0.1) is 0 Å². The lowest BCUT2D eigenvalue weighted by atomic mass is 10.1. The Morgan fingerprint density at radius 2 is 2.05 bits per heavy atom. The van der Waals surface area contributed by atoms with Crippen LogP contribution in [0.4, 0.5) is 5.88 Å². The van der Waals surface area contributed by atoms with E-state index in [1.165, 1.54) is 0 Å². The Kier molecular flexibility index (Phi) is 3.35. The van der Waals surface area contributed by atoms with Crippen LogP contribution in [0.1, 0.15) is 21.7 Å². The first-order valence-electron chi connectivity index (χ1n) is 6.36. The minimum Gasteiger partial charge on any atom is -0.338 e. The van der Waals surface area contributed by atoms with Crippen molar-refractivity contribution in [2.24, 2.45) is 0 Å². The molecule has 0 saturated heterocycles. The fraction of sp³-hybridized carbons (Fsp3) is 0.133. The number of benzene rings is 1. The molecule has 5 nitrogen and oxygen atoms in total. The highest BCUT2D eigenvalue weighted by atomic mass is 35.5. The number of carbonyl (C=O) groups is 1. The van der Waals surface area contributed by atoms with Crippen LogP contribution in [0.3, 0.4) is 0 Å². The van der Waals surface area contributed by atoms with Gasteiger partial charge in [-0.05, 0) is 25.3 Å². The van der Waals surface area contributed by atoms with Crippen molar-refractivity contribution in [2.75, 3.05) is 5.32 Å². The molecule has 0 saturated carbocycles. The van der Waals surface area contributed by atoms with Crippen molar-refractivity contribution in [3.05, 3.63) is 52.4 Å². The van der Waals surface area contributed by atoms with Crippen LogP contribution in [0.15, 0.2) is 34.9 Å². The average Bonchev–Trinajstić information content (AvgIpc) is 2.79. The molecule has 1 N–H and O–H groups in total. The number of nitrogens with zero attached hydrogens (tertiary/aromatic N) is 2. The summed E-state index contributed by atoms with van der Waals surface area (Å²) in [6.45, 7) is 3.63. The number of halogens is 1. The van der Waals surface area contributed by atoms with E-state index in [0.717, 1.165) is 22.0 Å². The van der Waals surface area contributed by atoms with Gasteiger partial charge < -0.3 is 4.52 Å². The van der Waals surface area contributed by atoms with Crippen molar-refractivity contribution >= 4 is 34.2 Å². The normalized spacial score (nSPS) is 10.8. The second-order valence-electron chi connectivity index (χ2n) is 4.70. The second kappa shape index (κ2) is 5.18. The van der Waals surface area contributed by atoms with Crippen LogP contribution in [0.5, 0.6) is 0 Å². The largest absolute Gasteiger partial charge is 0.338 e. The minimum absolute atomic E-state index is 0.229. The standard InChI is InChI=1S/C15H12ClN3O2/c1-8-9(2)19-21-15(8)18-14(20)12-7-10-5-3-4-6-11(10)13(16)17-12/h3-7H,1-2H3,(H,18,20). The van der Waals surface area contributed by atoms with E-state index in [-0.39, 0.29) is 11.6 Å². The molecule has 106 valence electrons. The molecule has 0 aliphatic rings. The van der Waals surface area contributed by atoms with E-state index in [1.54, 1.807) is 13.0 Å². The molecule has 2 heterocycles. The van der Waals surface area contributed by atoms with Crippen molar-refractivity contribution in [3.63, 3.8) is 0 Å². The SMILES string of the molecule is Cc1noc(NC(=O)c2cc3ccccc3c(Cl)n2)c1C. The highest BCUT2D eigenvalue weighted by Gasteiger charge is 2.15. The third-order valence-corrected chi connectivity index (χ3v) is 3.60. The number of aromatic nitrogens is 2. The van der Waals surface area contributed by atoms with E-state index in [9.17, 15) is 4.79 Å². The fourth-order valence-corrected chi connectivity index (χ4v) is 2.23. The summed E-state index contributed by atoms with van der Waals surface area (Å²) >= 11 is 6.12. The van der Waals surface area contributed by atoms with E-state index in [4.69, 9.17) is 16.1 Å². The second-order valence-corrected chi connectivity index (χ2v) is 5.05. The van der Waals surface area contributed by atoms with E-state index in [1.807, 2.05) is 31.2 Å². The summed E-state index contributed by atoms with van der Waals surface area (Å²) in [7, 11) is 0. The van der Waals surface area contributed by atoms with Crippen LogP contribution in [0, 0.1) is 13.8 Å². The molecule has 2 aromatic heterocycles. The zero-order chi connectivity index (χ0) is 15.0. The van der Waals surface area contributed by atoms with Crippen LogP contribution < -0.4 is 5.32 Å². The maximum Gasteiger partial charge on any atom is 0.276 e. The lowest BCUT2D eigenvalue weighted by Gasteiger charge is -2.05. The summed E-state index contributed by atoms with van der Waals surface area (Å²) in [4.78, 5) is 16.4. The van der Waals surface area contributed by atoms with Crippen LogP contribution in [-0.2, 0) is 0 Å². The van der Waals surface area contributed by atoms with Gasteiger partial charge in [0, 0.05) is 10.9 Å². The van der Waals surface area contributed by atoms with Crippen molar-refractivity contribution in [2.45, 2.75) is 13.8 Å². The van der Waals surface area contributed by atoms with E-state index in [2.05, 4.69) is 15.5 Å². The Bertz CT molecular complexity index is 842. The number of fused-ring (bicyclic) bond motifs is 1. The van der Waals surface area contributed by atoms with Crippen LogP contribution in [0.2, 0.25) is 5.15 Å². The maximum atomic E-state index is 12.3. The summed E-state index contributed by atoms with van der Waals surface area (Å²) in [6, 6.07) is 9.18. The van der Waals surface area contributed by atoms with Gasteiger partial charge in [0.2, 0.25) is 5.88 Å². The number of amides is 1. The zero-order valence-electron chi connectivity index (χ0n) is 11.5. The molecule has 0 bridgehead atoms. The highest BCUT2D eigenvalue weighted by Crippen LogP contribution is 2.23. The number of hydrogen-bond donors (Lipinski definition) is 1. The Balaban J connectivity index is 1.96. The van der Waals surface area contributed by atoms with Crippen molar-refractivity contribution in [3.8, 4) is 0 Å². The van der Waals surface area contributed by atoms with Crippen molar-refractivity contribution in [1.82, 2.24) is 10.1 Å². The molecule has 6 heteroatoms. The zero-order valence-corrected chi connectivity index (χ0v) is 12.2. The van der Waals surface area contributed by atoms with Gasteiger partial charge in [0.1, 0.15) is 10.8 Å². The molecule has 0 unspecified atom stereocenters. The smallest absolute Gasteiger partial charge is 0.276 e. The molecular weight excluding hydrogens is 290 g/mol. The lowest BCUT2D eigenvalue weighted by Crippen LogP contribution is -2.14. The molecule has 0 fully saturated rings. The van der Waals surface area contributed by atoms with Gasteiger partial charge in [-0.25, -0.2) is 4.98 Å². The summed E-state index contributed by atoms with van der Waals surface area (Å²) in [6.07, 6.45) is 0. The Labute approximate surface area is 125 Å². The molecule has 1 amide bonds. The van der Waals surface area contributed by atoms with E-state index >= 15 is 0 Å². The van der Waals surface area contributed by atoms with Gasteiger partial charge in [0.15, 0.2) is 0 Å². The molecule has 0 aliphatic carbocycles. The monoisotopic (exact) mass is 301 g/mol. The average molecular weight is 302 g/mol. The predicted molar refractivity (Wildman–Crippen MR) is 80.7 cm³/mol. The third kappa shape index (κ3) is 2.48. The Morgan fingerprint density at radius 1 is 1.29 bits per heavy atom. The first-order valence-corrected chi connectivity index (χ1v) is 6.73. The van der Waals surface area contributed by atoms with Gasteiger partial charge >= 0.3 is 0 Å². The predicted octanol–water partition coefficient (Wildman–Crippen LogP) is 3.75. The summed E-state index contributed by atoms with van der Waals surface area (Å²) in [5.41, 5.74) is 1.75. The van der Waals surface area contributed by atoms with Crippen molar-refractivity contribution < 1.29 is 9.32 Å². The molecular formula is C15H12ClN3O2. The number of nitrogens with one attached hydrogen (secondary N) is 1. The molecule has 21 heavy (non-hydrogen) atoms. The van der Waals surface area contributed by atoms with Gasteiger partial charge in [-0.2, -0.15) is 0 Å². The van der Waals surface area contributed by atoms with Crippen LogP contribution in [-0.4, -0.2) is 16.0 Å². The van der Waals surface area contributed by atoms with Gasteiger partial charge in [0.05, 0.1) is 5.69 Å². The molecule has 0 radical (unpaired) electrons. The number of aryl methyl sites for hydroxylation is 1. The molecule has 0 aliphatic heterocycles. The molecule has 1 aromatic carbocycles. The summed E-state index contributed by atoms with van der Waals surface area (Å²) < 4.78 is 5.06. The maximum absolute atomic E-state index is 12.3. The first-order chi connectivity index (χ1) is 10.1. The quantitative estimate of drug-likeness (QED) is 0.732. The van der Waals surface area contributed by atoms with Crippen molar-refractivity contribution in [1.29, 1.82) is 0 Å². The number of rotatable bonds is 2. The van der Waals surface area contributed by atoms with Gasteiger partial charge in [-0.3, -0.25) is 10.1 Å². The third-order valence-electron chi connectivity index (χ3n) is 3.31. The summed E-state index contributed by atoms with van der Waals surface area (Å²) in [5, 5.41) is 8.40. The van der Waals surface area contributed by atoms with E-state index < -0.39 is 0 Å². The van der Waals surface area contributed by atoms with E-state index in [0.29, 0.717) is 11.0 Å². The van der Waals surface area contributed by atoms with Gasteiger partial charge in [-0.1, -0.05) is 41.0 Å². The lowest BCUT2D eigenvalue weighted by molar-refractivity contribution is 0.101. The number of pyridine rings is 1. The Morgan fingerprint density at radius 3 is 2.76 bits per heavy atom. The fourth-order valence-electron chi connectivity index (χ4n) is 1.97. The molecule has 3 aromatic rings. The number of carbonyl (C=O) groups excluding carboxylic acids is 1. The topological polar surface area (TPSA) is 68.0 Å². The number of anilines is 1. The number of hydrogen-bond acceptors (Lipinski definition) is 4. The van der Waals surface area contributed by atoms with Crippen LogP contribution in [0.25, 0.3) is 10.8 Å². The Hall–Kier alpha value is -2.40. The molecule has 0 spiro atoms. The highest BCUT2D eigenvalue weighted by molar-refractivity contribution is 6.34. The van der Waals surface area contributed by atoms with Crippen LogP contribution >= 0.6 is 11.6 Å². The molecule has 3 rings (SSSR count). The first kappa shape index (κ1) is 13.6. The minimum atomic E-state index is -0.387.